The van der Waals surface area contributed by atoms with Gasteiger partial charge in [0.2, 0.25) is 0 Å². The lowest BCUT2D eigenvalue weighted by molar-refractivity contribution is 0.178. The molecule has 0 radical (unpaired) electrons. The van der Waals surface area contributed by atoms with Crippen molar-refractivity contribution in [1.29, 1.82) is 0 Å². The Morgan fingerprint density at radius 1 is 1.33 bits per heavy atom. The number of aliphatic hydroxyl groups is 1. The minimum Gasteiger partial charge on any atom is -0.388 e. The topological polar surface area (TPSA) is 33.1 Å². The lowest BCUT2D eigenvalue weighted by atomic mass is 10.0. The van der Waals surface area contributed by atoms with Gasteiger partial charge in [-0.2, -0.15) is 0 Å². The van der Waals surface area contributed by atoms with E-state index in [4.69, 9.17) is 11.6 Å². The number of rotatable bonds is 3. The molecule has 0 fully saturated rings. The predicted molar refractivity (Wildman–Crippen MR) is 72.0 cm³/mol. The second-order valence-corrected chi connectivity index (χ2v) is 5.23. The van der Waals surface area contributed by atoms with Crippen LogP contribution in [0.4, 0.5) is 4.39 Å². The maximum atomic E-state index is 13.3. The molecule has 94 valence electrons. The first-order valence-corrected chi connectivity index (χ1v) is 6.46. The van der Waals surface area contributed by atoms with Gasteiger partial charge in [0.1, 0.15) is 5.82 Å². The third kappa shape index (κ3) is 3.28. The largest absolute Gasteiger partial charge is 0.388 e. The van der Waals surface area contributed by atoms with Gasteiger partial charge in [0, 0.05) is 23.3 Å². The first-order valence-electron chi connectivity index (χ1n) is 5.28. The maximum Gasteiger partial charge on any atom is 0.142 e. The van der Waals surface area contributed by atoms with Crippen LogP contribution >= 0.6 is 27.5 Å². The average molecular weight is 331 g/mol. The van der Waals surface area contributed by atoms with Gasteiger partial charge >= 0.3 is 0 Å². The summed E-state index contributed by atoms with van der Waals surface area (Å²) in [7, 11) is 0. The number of aliphatic hydroxyl groups excluding tert-OH is 1. The van der Waals surface area contributed by atoms with E-state index in [0.717, 1.165) is 10.0 Å². The second kappa shape index (κ2) is 5.78. The van der Waals surface area contributed by atoms with Gasteiger partial charge in [-0.05, 0) is 45.3 Å². The third-order valence-electron chi connectivity index (χ3n) is 2.52. The molecule has 0 saturated heterocycles. The van der Waals surface area contributed by atoms with Crippen LogP contribution in [0.5, 0.6) is 0 Å². The van der Waals surface area contributed by atoms with E-state index in [1.165, 1.54) is 12.1 Å². The second-order valence-electron chi connectivity index (χ2n) is 3.90. The summed E-state index contributed by atoms with van der Waals surface area (Å²) >= 11 is 8.90. The normalized spacial score (nSPS) is 12.4. The Labute approximate surface area is 118 Å². The molecule has 0 aliphatic rings. The van der Waals surface area contributed by atoms with Gasteiger partial charge in [0.15, 0.2) is 0 Å². The minimum atomic E-state index is -0.784. The maximum absolute atomic E-state index is 13.3. The van der Waals surface area contributed by atoms with Crippen molar-refractivity contribution in [1.82, 2.24) is 4.98 Å². The summed E-state index contributed by atoms with van der Waals surface area (Å²) in [5.74, 6) is -0.527. The first kappa shape index (κ1) is 13.5. The van der Waals surface area contributed by atoms with Crippen molar-refractivity contribution in [3.63, 3.8) is 0 Å². The molecule has 0 saturated carbocycles. The van der Waals surface area contributed by atoms with E-state index in [1.807, 2.05) is 6.07 Å². The zero-order chi connectivity index (χ0) is 13.1. The number of nitrogens with zero attached hydrogens (tertiary/aromatic N) is 1. The summed E-state index contributed by atoms with van der Waals surface area (Å²) in [5.41, 5.74) is 1.36. The molecule has 1 aromatic heterocycles. The molecule has 0 amide bonds. The molecule has 5 heteroatoms. The predicted octanol–water partition coefficient (Wildman–Crippen LogP) is 3.91. The first-order chi connectivity index (χ1) is 8.56. The molecule has 2 aromatic rings. The Hall–Kier alpha value is -0.970. The lowest BCUT2D eigenvalue weighted by Crippen LogP contribution is -2.02. The van der Waals surface area contributed by atoms with Crippen molar-refractivity contribution in [2.24, 2.45) is 0 Å². The van der Waals surface area contributed by atoms with Gasteiger partial charge in [-0.1, -0.05) is 17.7 Å². The Kier molecular flexibility index (Phi) is 4.32. The summed E-state index contributed by atoms with van der Waals surface area (Å²) in [5, 5.41) is 10.1. The van der Waals surface area contributed by atoms with Crippen LogP contribution in [0.1, 0.15) is 17.2 Å². The molecule has 1 atom stereocenters. The smallest absolute Gasteiger partial charge is 0.142 e. The molecule has 0 aliphatic heterocycles. The minimum absolute atomic E-state index is 0.0510. The van der Waals surface area contributed by atoms with Crippen LogP contribution in [-0.2, 0) is 6.42 Å². The van der Waals surface area contributed by atoms with Crippen molar-refractivity contribution >= 4 is 27.5 Å². The Morgan fingerprint density at radius 2 is 2.11 bits per heavy atom. The van der Waals surface area contributed by atoms with Gasteiger partial charge in [-0.15, -0.1) is 0 Å². The Balaban J connectivity index is 2.16. The fraction of sp³-hybridized carbons (Fsp3) is 0.154. The van der Waals surface area contributed by atoms with Gasteiger partial charge in [0.25, 0.3) is 0 Å². The van der Waals surface area contributed by atoms with Gasteiger partial charge < -0.3 is 5.11 Å². The summed E-state index contributed by atoms with van der Waals surface area (Å²) in [6.07, 6.45) is 2.92. The van der Waals surface area contributed by atoms with E-state index in [2.05, 4.69) is 20.9 Å². The van der Waals surface area contributed by atoms with Crippen LogP contribution in [0.2, 0.25) is 5.02 Å². The van der Waals surface area contributed by atoms with Gasteiger partial charge in [-0.3, -0.25) is 4.98 Å². The number of benzene rings is 1. The summed E-state index contributed by atoms with van der Waals surface area (Å²) in [6, 6.07) is 6.16. The molecule has 0 aliphatic carbocycles. The van der Waals surface area contributed by atoms with Crippen LogP contribution in [0.25, 0.3) is 0 Å². The van der Waals surface area contributed by atoms with E-state index < -0.39 is 11.9 Å². The van der Waals surface area contributed by atoms with Crippen LogP contribution in [-0.4, -0.2) is 10.1 Å². The number of hydrogen-bond acceptors (Lipinski definition) is 2. The zero-order valence-electron chi connectivity index (χ0n) is 9.28. The van der Waals surface area contributed by atoms with Crippen LogP contribution in [0, 0.1) is 5.82 Å². The molecule has 0 bridgehead atoms. The summed E-state index contributed by atoms with van der Waals surface area (Å²) in [4.78, 5) is 4.01. The highest BCUT2D eigenvalue weighted by Gasteiger charge is 2.11. The molecule has 18 heavy (non-hydrogen) atoms. The fourth-order valence-electron chi connectivity index (χ4n) is 1.63. The Morgan fingerprint density at radius 3 is 2.78 bits per heavy atom. The van der Waals surface area contributed by atoms with Crippen molar-refractivity contribution in [2.75, 3.05) is 0 Å². The molecule has 1 N–H and O–H groups in total. The number of aromatic nitrogens is 1. The van der Waals surface area contributed by atoms with Gasteiger partial charge in [0.05, 0.1) is 11.1 Å². The van der Waals surface area contributed by atoms with E-state index in [1.54, 1.807) is 18.5 Å². The monoisotopic (exact) mass is 329 g/mol. The molecule has 1 heterocycles. The fourth-order valence-corrected chi connectivity index (χ4v) is 2.16. The van der Waals surface area contributed by atoms with Crippen molar-refractivity contribution in [2.45, 2.75) is 12.5 Å². The van der Waals surface area contributed by atoms with E-state index in [-0.39, 0.29) is 5.02 Å². The molecule has 2 rings (SSSR count). The highest BCUT2D eigenvalue weighted by atomic mass is 79.9. The highest BCUT2D eigenvalue weighted by molar-refractivity contribution is 9.10. The number of halogens is 3. The SMILES string of the molecule is OC(Cc1cncc(Br)c1)c1ccc(Cl)c(F)c1. The van der Waals surface area contributed by atoms with Crippen molar-refractivity contribution in [3.8, 4) is 0 Å². The van der Waals surface area contributed by atoms with Crippen LogP contribution in [0.3, 0.4) is 0 Å². The summed E-state index contributed by atoms with van der Waals surface area (Å²) in [6.45, 7) is 0. The molecule has 2 nitrogen and oxygen atoms in total. The summed E-state index contributed by atoms with van der Waals surface area (Å²) < 4.78 is 14.1. The average Bonchev–Trinajstić information content (AvgIpc) is 2.32. The molecular formula is C13H10BrClFNO. The standard InChI is InChI=1S/C13H10BrClFNO/c14-10-3-8(6-17-7-10)4-13(18)9-1-2-11(15)12(16)5-9/h1-3,5-7,13,18H,4H2. The van der Waals surface area contributed by atoms with Crippen LogP contribution < -0.4 is 0 Å². The molecule has 0 spiro atoms. The Bertz CT molecular complexity index is 564. The van der Waals surface area contributed by atoms with E-state index >= 15 is 0 Å². The van der Waals surface area contributed by atoms with Gasteiger partial charge in [-0.25, -0.2) is 4.39 Å². The highest BCUT2D eigenvalue weighted by Crippen LogP contribution is 2.23. The third-order valence-corrected chi connectivity index (χ3v) is 3.26. The molecular weight excluding hydrogens is 321 g/mol. The quantitative estimate of drug-likeness (QED) is 0.925. The van der Waals surface area contributed by atoms with Crippen molar-refractivity contribution < 1.29 is 9.50 Å². The number of pyridine rings is 1. The van der Waals surface area contributed by atoms with Crippen LogP contribution in [0.15, 0.2) is 41.1 Å². The van der Waals surface area contributed by atoms with E-state index in [0.29, 0.717) is 12.0 Å². The van der Waals surface area contributed by atoms with Crippen molar-refractivity contribution in [3.05, 3.63) is 63.1 Å². The molecule has 1 unspecified atom stereocenters. The zero-order valence-corrected chi connectivity index (χ0v) is 11.6. The van der Waals surface area contributed by atoms with E-state index in [9.17, 15) is 9.50 Å². The number of hydrogen-bond donors (Lipinski definition) is 1. The lowest BCUT2D eigenvalue weighted by Gasteiger charge is -2.11. The molecule has 1 aromatic carbocycles.